The molecule has 0 saturated carbocycles. The Balaban J connectivity index is 1.16. The first kappa shape index (κ1) is 36.8. The quantitative estimate of drug-likeness (QED) is 0.145. The molecule has 0 aliphatic carbocycles. The lowest BCUT2D eigenvalue weighted by molar-refractivity contribution is 0.670. The summed E-state index contributed by atoms with van der Waals surface area (Å²) in [5.74, 6) is 0. The van der Waals surface area contributed by atoms with Gasteiger partial charge in [0.25, 0.3) is 0 Å². The van der Waals surface area contributed by atoms with Crippen LogP contribution in [0.2, 0.25) is 0 Å². The van der Waals surface area contributed by atoms with E-state index in [2.05, 4.69) is 248 Å². The Kier molecular flexibility index (Phi) is 9.57. The van der Waals surface area contributed by atoms with Crippen molar-refractivity contribution >= 4 is 39.0 Å². The smallest absolute Gasteiger partial charge is 0.143 e. The summed E-state index contributed by atoms with van der Waals surface area (Å²) in [6, 6.07) is 89.1. The maximum Gasteiger partial charge on any atom is 0.143 e. The number of hydrogen-bond acceptors (Lipinski definition) is 2. The summed E-state index contributed by atoms with van der Waals surface area (Å²) >= 11 is 0. The molecule has 0 spiro atoms. The molecule has 0 atom stereocenters. The summed E-state index contributed by atoms with van der Waals surface area (Å²) < 4.78 is 6.71. The van der Waals surface area contributed by atoms with Crippen LogP contribution in [0, 0.1) is 0 Å². The van der Waals surface area contributed by atoms with E-state index >= 15 is 0 Å². The van der Waals surface area contributed by atoms with Gasteiger partial charge in [0.15, 0.2) is 0 Å². The van der Waals surface area contributed by atoms with Crippen LogP contribution < -0.4 is 4.90 Å². The number of fused-ring (bicyclic) bond motifs is 3. The van der Waals surface area contributed by atoms with Gasteiger partial charge in [-0.3, -0.25) is 0 Å². The minimum atomic E-state index is 0.877. The van der Waals surface area contributed by atoms with Crippen LogP contribution in [0.1, 0.15) is 0 Å². The summed E-state index contributed by atoms with van der Waals surface area (Å²) in [5, 5.41) is 2.21. The van der Waals surface area contributed by atoms with E-state index in [-0.39, 0.29) is 0 Å². The van der Waals surface area contributed by atoms with E-state index in [0.29, 0.717) is 0 Å². The standard InChI is InChI=1S/C60H41NO/c1-3-20-42(21-4-1)43-38-40-45(41-39-43)47-25-11-15-34-56(47)61(58-36-17-13-30-52(58)54-32-19-33-55-53-31-14-18-37-59(53)62-60(54)55)57-35-16-12-29-51(57)50-28-10-9-27-49(50)48-26-8-7-24-46(48)44-22-5-2-6-23-44/h1-41H. The van der Waals surface area contributed by atoms with Crippen LogP contribution in [-0.4, -0.2) is 0 Å². The fourth-order valence-corrected chi connectivity index (χ4v) is 9.07. The SMILES string of the molecule is c1ccc(-c2ccc(-c3ccccc3N(c3ccccc3-c3ccccc3-c3ccccc3-c3ccccc3)c3ccccc3-c3cccc4c3oc3ccccc34)cc2)cc1. The predicted octanol–water partition coefficient (Wildman–Crippen LogP) is 17.1. The van der Waals surface area contributed by atoms with Crippen molar-refractivity contribution in [3.63, 3.8) is 0 Å². The fourth-order valence-electron chi connectivity index (χ4n) is 9.07. The molecule has 0 N–H and O–H groups in total. The maximum absolute atomic E-state index is 6.71. The average molecular weight is 792 g/mol. The van der Waals surface area contributed by atoms with Gasteiger partial charge in [-0.25, -0.2) is 0 Å². The Morgan fingerprint density at radius 1 is 0.226 bits per heavy atom. The van der Waals surface area contributed by atoms with Crippen LogP contribution in [0.4, 0.5) is 17.1 Å². The van der Waals surface area contributed by atoms with Crippen LogP contribution in [-0.2, 0) is 0 Å². The first-order valence-electron chi connectivity index (χ1n) is 21.2. The molecule has 0 amide bonds. The molecule has 11 aromatic rings. The molecule has 0 radical (unpaired) electrons. The third-order valence-electron chi connectivity index (χ3n) is 12.0. The number of para-hydroxylation sites is 5. The molecule has 1 heterocycles. The molecule has 0 aliphatic rings. The molecule has 0 saturated heterocycles. The van der Waals surface area contributed by atoms with E-state index in [4.69, 9.17) is 4.42 Å². The second-order valence-electron chi connectivity index (χ2n) is 15.6. The number of hydrogen-bond donors (Lipinski definition) is 0. The summed E-state index contributed by atoms with van der Waals surface area (Å²) in [7, 11) is 0. The van der Waals surface area contributed by atoms with Crippen molar-refractivity contribution in [2.75, 3.05) is 4.90 Å². The molecule has 0 unspecified atom stereocenters. The number of furan rings is 1. The minimum Gasteiger partial charge on any atom is -0.455 e. The van der Waals surface area contributed by atoms with E-state index in [1.165, 1.54) is 33.4 Å². The van der Waals surface area contributed by atoms with Gasteiger partial charge in [-0.05, 0) is 68.8 Å². The monoisotopic (exact) mass is 791 g/mol. The highest BCUT2D eigenvalue weighted by Crippen LogP contribution is 2.50. The largest absolute Gasteiger partial charge is 0.455 e. The number of rotatable bonds is 9. The van der Waals surface area contributed by atoms with Crippen molar-refractivity contribution in [2.45, 2.75) is 0 Å². The van der Waals surface area contributed by atoms with Crippen molar-refractivity contribution in [3.8, 4) is 66.8 Å². The van der Waals surface area contributed by atoms with Gasteiger partial charge in [0.2, 0.25) is 0 Å². The first-order chi connectivity index (χ1) is 30.8. The van der Waals surface area contributed by atoms with E-state index in [1.54, 1.807) is 0 Å². The second-order valence-corrected chi connectivity index (χ2v) is 15.6. The molecule has 11 rings (SSSR count). The van der Waals surface area contributed by atoms with Crippen molar-refractivity contribution in [3.05, 3.63) is 249 Å². The van der Waals surface area contributed by atoms with Gasteiger partial charge in [-0.2, -0.15) is 0 Å². The first-order valence-corrected chi connectivity index (χ1v) is 21.2. The van der Waals surface area contributed by atoms with E-state index in [9.17, 15) is 0 Å². The second kappa shape index (κ2) is 16.1. The van der Waals surface area contributed by atoms with E-state index in [0.717, 1.165) is 72.4 Å². The van der Waals surface area contributed by atoms with Crippen LogP contribution in [0.25, 0.3) is 88.7 Å². The third-order valence-corrected chi connectivity index (χ3v) is 12.0. The van der Waals surface area contributed by atoms with Crippen molar-refractivity contribution in [2.24, 2.45) is 0 Å². The summed E-state index contributed by atoms with van der Waals surface area (Å²) in [5.41, 5.74) is 18.7. The fraction of sp³-hybridized carbons (Fsp3) is 0. The van der Waals surface area contributed by atoms with Gasteiger partial charge in [-0.15, -0.1) is 0 Å². The Morgan fingerprint density at radius 3 is 1.24 bits per heavy atom. The van der Waals surface area contributed by atoms with E-state index < -0.39 is 0 Å². The van der Waals surface area contributed by atoms with E-state index in [1.807, 2.05) is 6.07 Å². The Morgan fingerprint density at radius 2 is 0.597 bits per heavy atom. The minimum absolute atomic E-state index is 0.877. The van der Waals surface area contributed by atoms with Crippen LogP contribution in [0.5, 0.6) is 0 Å². The number of nitrogens with zero attached hydrogens (tertiary/aromatic N) is 1. The summed E-state index contributed by atoms with van der Waals surface area (Å²) in [6.45, 7) is 0. The topological polar surface area (TPSA) is 16.4 Å². The number of benzene rings is 10. The summed E-state index contributed by atoms with van der Waals surface area (Å²) in [4.78, 5) is 2.46. The Hall–Kier alpha value is -8.20. The highest BCUT2D eigenvalue weighted by molar-refractivity contribution is 6.11. The highest BCUT2D eigenvalue weighted by Gasteiger charge is 2.25. The maximum atomic E-state index is 6.71. The molecular formula is C60H41NO. The normalized spacial score (nSPS) is 11.2. The van der Waals surface area contributed by atoms with Gasteiger partial charge in [0.1, 0.15) is 11.2 Å². The zero-order valence-electron chi connectivity index (χ0n) is 34.0. The van der Waals surface area contributed by atoms with Gasteiger partial charge in [0.05, 0.1) is 17.1 Å². The van der Waals surface area contributed by atoms with Gasteiger partial charge in [0, 0.05) is 33.0 Å². The Bertz CT molecular complexity index is 3350. The molecule has 0 fully saturated rings. The molecular weight excluding hydrogens is 751 g/mol. The molecule has 292 valence electrons. The van der Waals surface area contributed by atoms with Crippen LogP contribution in [0.3, 0.4) is 0 Å². The van der Waals surface area contributed by atoms with Gasteiger partial charge in [-0.1, -0.05) is 224 Å². The molecule has 0 aliphatic heterocycles. The van der Waals surface area contributed by atoms with Crippen LogP contribution >= 0.6 is 0 Å². The van der Waals surface area contributed by atoms with Gasteiger partial charge >= 0.3 is 0 Å². The molecule has 10 aromatic carbocycles. The molecule has 1 aromatic heterocycles. The third kappa shape index (κ3) is 6.65. The van der Waals surface area contributed by atoms with Crippen molar-refractivity contribution < 1.29 is 4.42 Å². The van der Waals surface area contributed by atoms with Crippen LogP contribution in [0.15, 0.2) is 253 Å². The van der Waals surface area contributed by atoms with Gasteiger partial charge < -0.3 is 9.32 Å². The average Bonchev–Trinajstić information content (AvgIpc) is 3.74. The number of anilines is 3. The molecule has 2 heteroatoms. The predicted molar refractivity (Wildman–Crippen MR) is 261 cm³/mol. The zero-order valence-corrected chi connectivity index (χ0v) is 34.0. The lowest BCUT2D eigenvalue weighted by Gasteiger charge is -2.32. The highest BCUT2D eigenvalue weighted by atomic mass is 16.3. The van der Waals surface area contributed by atoms with Crippen molar-refractivity contribution in [1.82, 2.24) is 0 Å². The summed E-state index contributed by atoms with van der Waals surface area (Å²) in [6.07, 6.45) is 0. The molecule has 0 bridgehead atoms. The van der Waals surface area contributed by atoms with Crippen molar-refractivity contribution in [1.29, 1.82) is 0 Å². The molecule has 2 nitrogen and oxygen atoms in total. The lowest BCUT2D eigenvalue weighted by Crippen LogP contribution is -2.13. The lowest BCUT2D eigenvalue weighted by atomic mass is 9.88. The zero-order chi connectivity index (χ0) is 41.2. The Labute approximate surface area is 362 Å². The molecule has 62 heavy (non-hydrogen) atoms.